The van der Waals surface area contributed by atoms with Crippen LogP contribution in [0.4, 0.5) is 0 Å². The highest BCUT2D eigenvalue weighted by Gasteiger charge is 2.17. The summed E-state index contributed by atoms with van der Waals surface area (Å²) in [5.41, 5.74) is 2.66. The Balaban J connectivity index is 1.49. The van der Waals surface area contributed by atoms with Crippen LogP contribution in [0, 0.1) is 0 Å². The van der Waals surface area contributed by atoms with E-state index in [-0.39, 0.29) is 18.6 Å². The van der Waals surface area contributed by atoms with Gasteiger partial charge in [0.25, 0.3) is 5.91 Å². The number of ether oxygens (including phenoxy) is 2. The Morgan fingerprint density at radius 2 is 2.19 bits per heavy atom. The molecule has 1 aliphatic carbocycles. The van der Waals surface area contributed by atoms with Gasteiger partial charge >= 0.3 is 0 Å². The van der Waals surface area contributed by atoms with E-state index in [1.54, 1.807) is 0 Å². The van der Waals surface area contributed by atoms with Gasteiger partial charge in [0, 0.05) is 13.2 Å². The fourth-order valence-corrected chi connectivity index (χ4v) is 3.11. The van der Waals surface area contributed by atoms with E-state index in [0.29, 0.717) is 6.54 Å². The summed E-state index contributed by atoms with van der Waals surface area (Å²) >= 11 is 0. The van der Waals surface area contributed by atoms with Crippen LogP contribution in [-0.4, -0.2) is 31.8 Å². The van der Waals surface area contributed by atoms with Gasteiger partial charge in [-0.15, -0.1) is 0 Å². The van der Waals surface area contributed by atoms with Gasteiger partial charge in [-0.1, -0.05) is 12.1 Å². The normalized spacial score (nSPS) is 20.9. The van der Waals surface area contributed by atoms with E-state index in [2.05, 4.69) is 11.4 Å². The van der Waals surface area contributed by atoms with Crippen molar-refractivity contribution in [3.63, 3.8) is 0 Å². The molecule has 0 radical (unpaired) electrons. The number of carbonyl (C=O) groups excluding carboxylic acids is 1. The zero-order valence-electron chi connectivity index (χ0n) is 12.4. The molecule has 1 N–H and O–H groups in total. The minimum absolute atomic E-state index is 0.0705. The first-order valence-corrected chi connectivity index (χ1v) is 7.95. The lowest BCUT2D eigenvalue weighted by atomic mass is 9.91. The minimum Gasteiger partial charge on any atom is -0.483 e. The molecule has 0 unspecified atom stereocenters. The van der Waals surface area contributed by atoms with Crippen molar-refractivity contribution >= 4 is 5.91 Å². The van der Waals surface area contributed by atoms with Gasteiger partial charge < -0.3 is 14.8 Å². The molecule has 1 fully saturated rings. The van der Waals surface area contributed by atoms with Gasteiger partial charge in [-0.2, -0.15) is 0 Å². The summed E-state index contributed by atoms with van der Waals surface area (Å²) in [5.74, 6) is 0.804. The Morgan fingerprint density at radius 1 is 1.29 bits per heavy atom. The molecule has 4 heteroatoms. The predicted octanol–water partition coefficient (Wildman–Crippen LogP) is 2.24. The van der Waals surface area contributed by atoms with Crippen LogP contribution in [0.25, 0.3) is 0 Å². The Bertz CT molecular complexity index is 495. The third-order valence-corrected chi connectivity index (χ3v) is 4.26. The zero-order chi connectivity index (χ0) is 14.5. The molecule has 114 valence electrons. The van der Waals surface area contributed by atoms with Crippen LogP contribution in [0.15, 0.2) is 18.2 Å². The highest BCUT2D eigenvalue weighted by Crippen LogP contribution is 2.29. The van der Waals surface area contributed by atoms with Crippen LogP contribution in [0.3, 0.4) is 0 Å². The molecule has 1 amide bonds. The van der Waals surface area contributed by atoms with Gasteiger partial charge in [0.05, 0.1) is 6.10 Å². The van der Waals surface area contributed by atoms with E-state index < -0.39 is 0 Å². The Morgan fingerprint density at radius 3 is 3.05 bits per heavy atom. The van der Waals surface area contributed by atoms with Crippen molar-refractivity contribution in [3.05, 3.63) is 29.3 Å². The Labute approximate surface area is 125 Å². The lowest BCUT2D eigenvalue weighted by Crippen LogP contribution is -2.35. The molecule has 2 aliphatic rings. The van der Waals surface area contributed by atoms with Crippen molar-refractivity contribution in [1.29, 1.82) is 0 Å². The number of benzene rings is 1. The summed E-state index contributed by atoms with van der Waals surface area (Å²) in [6.07, 6.45) is 6.94. The van der Waals surface area contributed by atoms with E-state index >= 15 is 0 Å². The lowest BCUT2D eigenvalue weighted by molar-refractivity contribution is -0.123. The van der Waals surface area contributed by atoms with Crippen molar-refractivity contribution < 1.29 is 14.3 Å². The zero-order valence-corrected chi connectivity index (χ0v) is 12.4. The smallest absolute Gasteiger partial charge is 0.258 e. The number of fused-ring (bicyclic) bond motifs is 1. The first-order valence-electron chi connectivity index (χ1n) is 7.95. The van der Waals surface area contributed by atoms with Crippen molar-refractivity contribution in [1.82, 2.24) is 5.32 Å². The van der Waals surface area contributed by atoms with Crippen molar-refractivity contribution in [2.45, 2.75) is 44.6 Å². The van der Waals surface area contributed by atoms with E-state index in [1.807, 2.05) is 12.1 Å². The van der Waals surface area contributed by atoms with Crippen molar-refractivity contribution in [2.24, 2.45) is 0 Å². The van der Waals surface area contributed by atoms with Gasteiger partial charge in [-0.25, -0.2) is 0 Å². The molecule has 1 saturated heterocycles. The van der Waals surface area contributed by atoms with E-state index in [9.17, 15) is 4.79 Å². The molecular formula is C17H23NO3. The monoisotopic (exact) mass is 289 g/mol. The molecule has 0 saturated carbocycles. The van der Waals surface area contributed by atoms with Crippen LogP contribution in [-0.2, 0) is 22.4 Å². The van der Waals surface area contributed by atoms with Gasteiger partial charge in [0.2, 0.25) is 0 Å². The molecule has 0 spiro atoms. The number of hydrogen-bond acceptors (Lipinski definition) is 3. The molecule has 0 aromatic heterocycles. The fraction of sp³-hybridized carbons (Fsp3) is 0.588. The maximum Gasteiger partial charge on any atom is 0.258 e. The van der Waals surface area contributed by atoms with Gasteiger partial charge in [-0.3, -0.25) is 4.79 Å². The van der Waals surface area contributed by atoms with E-state index in [0.717, 1.165) is 38.0 Å². The van der Waals surface area contributed by atoms with Gasteiger partial charge in [0.1, 0.15) is 5.75 Å². The van der Waals surface area contributed by atoms with Crippen LogP contribution in [0.1, 0.15) is 36.8 Å². The van der Waals surface area contributed by atoms with Crippen LogP contribution in [0.2, 0.25) is 0 Å². The fourth-order valence-electron chi connectivity index (χ4n) is 3.11. The van der Waals surface area contributed by atoms with Gasteiger partial charge in [0.15, 0.2) is 6.61 Å². The second-order valence-corrected chi connectivity index (χ2v) is 5.83. The predicted molar refractivity (Wildman–Crippen MR) is 80.6 cm³/mol. The molecule has 21 heavy (non-hydrogen) atoms. The van der Waals surface area contributed by atoms with Gasteiger partial charge in [-0.05, 0) is 55.7 Å². The highest BCUT2D eigenvalue weighted by molar-refractivity contribution is 5.77. The molecule has 3 rings (SSSR count). The third-order valence-electron chi connectivity index (χ3n) is 4.26. The van der Waals surface area contributed by atoms with Crippen LogP contribution >= 0.6 is 0 Å². The van der Waals surface area contributed by atoms with E-state index in [4.69, 9.17) is 9.47 Å². The van der Waals surface area contributed by atoms with Crippen LogP contribution < -0.4 is 10.1 Å². The molecule has 1 heterocycles. The summed E-state index contributed by atoms with van der Waals surface area (Å²) in [6, 6.07) is 6.15. The quantitative estimate of drug-likeness (QED) is 0.904. The molecule has 1 aromatic rings. The average molecular weight is 289 g/mol. The van der Waals surface area contributed by atoms with Crippen molar-refractivity contribution in [2.75, 3.05) is 19.8 Å². The largest absolute Gasteiger partial charge is 0.483 e. The summed E-state index contributed by atoms with van der Waals surface area (Å²) in [6.45, 7) is 1.49. The Hall–Kier alpha value is -1.55. The molecule has 1 aromatic carbocycles. The summed E-state index contributed by atoms with van der Waals surface area (Å²) in [7, 11) is 0. The average Bonchev–Trinajstić information content (AvgIpc) is 3.04. The second-order valence-electron chi connectivity index (χ2n) is 5.83. The molecule has 1 atom stereocenters. The maximum atomic E-state index is 11.8. The third kappa shape index (κ3) is 3.76. The van der Waals surface area contributed by atoms with Crippen molar-refractivity contribution in [3.8, 4) is 5.75 Å². The summed E-state index contributed by atoms with van der Waals surface area (Å²) in [4.78, 5) is 11.8. The minimum atomic E-state index is -0.0705. The summed E-state index contributed by atoms with van der Waals surface area (Å²) < 4.78 is 11.2. The maximum absolute atomic E-state index is 11.8. The van der Waals surface area contributed by atoms with Crippen LogP contribution in [0.5, 0.6) is 5.75 Å². The highest BCUT2D eigenvalue weighted by atomic mass is 16.5. The lowest BCUT2D eigenvalue weighted by Gasteiger charge is -2.19. The summed E-state index contributed by atoms with van der Waals surface area (Å²) in [5, 5.41) is 2.89. The number of carbonyl (C=O) groups is 1. The second kappa shape index (κ2) is 6.94. The first kappa shape index (κ1) is 14.4. The number of amides is 1. The number of aryl methyl sites for hydroxylation is 1. The topological polar surface area (TPSA) is 47.6 Å². The molecule has 1 aliphatic heterocycles. The number of nitrogens with one attached hydrogen (secondary N) is 1. The van der Waals surface area contributed by atoms with E-state index in [1.165, 1.54) is 24.0 Å². The molecular weight excluding hydrogens is 266 g/mol. The number of rotatable bonds is 5. The molecule has 4 nitrogen and oxygen atoms in total. The first-order chi connectivity index (χ1) is 10.3. The number of hydrogen-bond donors (Lipinski definition) is 1. The SMILES string of the molecule is O=C(COc1cccc2c1CCCC2)NC[C@H]1CCCO1. The Kier molecular flexibility index (Phi) is 4.76. The standard InChI is InChI=1S/C17H23NO3/c19-17(18-11-14-7-4-10-20-14)12-21-16-9-3-6-13-5-1-2-8-15(13)16/h3,6,9,14H,1-2,4-5,7-8,10-12H2,(H,18,19)/t14-/m1/s1. The molecule has 0 bridgehead atoms.